The van der Waals surface area contributed by atoms with Gasteiger partial charge in [0.1, 0.15) is 6.61 Å². The molecule has 0 radical (unpaired) electrons. The number of carbonyl (C=O) groups is 1. The average molecular weight is 152 g/mol. The Balaban J connectivity index is 3.66. The van der Waals surface area contributed by atoms with Gasteiger partial charge in [0.05, 0.1) is 0 Å². The normalized spacial score (nSPS) is 8.82. The number of ether oxygens (including phenoxy) is 1. The molecule has 0 saturated carbocycles. The zero-order valence-corrected chi connectivity index (χ0v) is 6.45. The quantitative estimate of drug-likeness (QED) is 0.340. The van der Waals surface area contributed by atoms with Crippen LogP contribution < -0.4 is 0 Å². The van der Waals surface area contributed by atoms with Crippen molar-refractivity contribution < 1.29 is 9.53 Å². The fourth-order valence-corrected chi connectivity index (χ4v) is 0.470. The Bertz CT molecular complexity index is 162. The van der Waals surface area contributed by atoms with E-state index < -0.39 is 5.97 Å². The number of hydrogen-bond donors (Lipinski definition) is 0. The molecule has 0 aromatic rings. The van der Waals surface area contributed by atoms with Crippen molar-refractivity contribution in [3.05, 3.63) is 38.0 Å². The standard InChI is InChI=1S/C9H12O2/c1-4-8(5-2)7-11-9(10)6-3/h4-6,8H,1-3,7H2. The first-order valence-electron chi connectivity index (χ1n) is 3.29. The summed E-state index contributed by atoms with van der Waals surface area (Å²) in [6, 6.07) is 0. The van der Waals surface area contributed by atoms with Crippen LogP contribution in [-0.4, -0.2) is 12.6 Å². The van der Waals surface area contributed by atoms with Crippen LogP contribution in [0.15, 0.2) is 38.0 Å². The lowest BCUT2D eigenvalue weighted by Crippen LogP contribution is -2.08. The van der Waals surface area contributed by atoms with Crippen molar-refractivity contribution in [1.29, 1.82) is 0 Å². The van der Waals surface area contributed by atoms with Crippen LogP contribution in [0.2, 0.25) is 0 Å². The molecular weight excluding hydrogens is 140 g/mol. The Morgan fingerprint density at radius 3 is 2.27 bits per heavy atom. The second-order valence-electron chi connectivity index (χ2n) is 1.97. The molecular formula is C9H12O2. The predicted octanol–water partition coefficient (Wildman–Crippen LogP) is 1.70. The molecule has 0 heterocycles. The molecule has 2 heteroatoms. The molecule has 0 amide bonds. The molecule has 0 aliphatic heterocycles. The van der Waals surface area contributed by atoms with Crippen LogP contribution >= 0.6 is 0 Å². The lowest BCUT2D eigenvalue weighted by Gasteiger charge is -2.05. The van der Waals surface area contributed by atoms with Crippen LogP contribution in [0.5, 0.6) is 0 Å². The Morgan fingerprint density at radius 1 is 1.36 bits per heavy atom. The fraction of sp³-hybridized carbons (Fsp3) is 0.222. The summed E-state index contributed by atoms with van der Waals surface area (Å²) in [7, 11) is 0. The topological polar surface area (TPSA) is 26.3 Å². The molecule has 0 aliphatic rings. The molecule has 0 spiro atoms. The van der Waals surface area contributed by atoms with Gasteiger partial charge in [-0.05, 0) is 0 Å². The first-order chi connectivity index (χ1) is 5.24. The average Bonchev–Trinajstić information content (AvgIpc) is 2.06. The van der Waals surface area contributed by atoms with Gasteiger partial charge in [0.15, 0.2) is 0 Å². The van der Waals surface area contributed by atoms with E-state index in [0.717, 1.165) is 6.08 Å². The van der Waals surface area contributed by atoms with Crippen molar-refractivity contribution in [3.63, 3.8) is 0 Å². The second-order valence-corrected chi connectivity index (χ2v) is 1.97. The Hall–Kier alpha value is -1.31. The van der Waals surface area contributed by atoms with Crippen molar-refractivity contribution in [3.8, 4) is 0 Å². The highest BCUT2D eigenvalue weighted by atomic mass is 16.5. The van der Waals surface area contributed by atoms with E-state index in [4.69, 9.17) is 4.74 Å². The summed E-state index contributed by atoms with van der Waals surface area (Å²) in [4.78, 5) is 10.5. The fourth-order valence-electron chi connectivity index (χ4n) is 0.470. The van der Waals surface area contributed by atoms with Crippen molar-refractivity contribution >= 4 is 5.97 Å². The second kappa shape index (κ2) is 5.47. The molecule has 0 rings (SSSR count). The van der Waals surface area contributed by atoms with Gasteiger partial charge in [-0.2, -0.15) is 0 Å². The first kappa shape index (κ1) is 9.69. The van der Waals surface area contributed by atoms with Crippen LogP contribution in [0.25, 0.3) is 0 Å². The van der Waals surface area contributed by atoms with Crippen LogP contribution in [0.4, 0.5) is 0 Å². The number of hydrogen-bond acceptors (Lipinski definition) is 2. The third kappa shape index (κ3) is 4.14. The van der Waals surface area contributed by atoms with E-state index in [1.165, 1.54) is 0 Å². The molecule has 0 saturated heterocycles. The minimum Gasteiger partial charge on any atom is -0.462 e. The zero-order chi connectivity index (χ0) is 8.69. The molecule has 0 aliphatic carbocycles. The van der Waals surface area contributed by atoms with Crippen LogP contribution in [0.1, 0.15) is 0 Å². The van der Waals surface area contributed by atoms with Gasteiger partial charge in [-0.15, -0.1) is 13.2 Å². The SMILES string of the molecule is C=CC(=O)OCC(C=C)C=C. The largest absolute Gasteiger partial charge is 0.462 e. The summed E-state index contributed by atoms with van der Waals surface area (Å²) in [5.74, 6) is -0.391. The van der Waals surface area contributed by atoms with E-state index in [9.17, 15) is 4.79 Å². The van der Waals surface area contributed by atoms with Gasteiger partial charge in [-0.25, -0.2) is 4.79 Å². The maximum atomic E-state index is 10.5. The van der Waals surface area contributed by atoms with Gasteiger partial charge in [-0.3, -0.25) is 0 Å². The highest BCUT2D eigenvalue weighted by molar-refractivity contribution is 5.81. The van der Waals surface area contributed by atoms with E-state index in [0.29, 0.717) is 0 Å². The Kier molecular flexibility index (Phi) is 4.82. The van der Waals surface area contributed by atoms with E-state index in [-0.39, 0.29) is 12.5 Å². The summed E-state index contributed by atoms with van der Waals surface area (Å²) in [5, 5.41) is 0. The first-order valence-corrected chi connectivity index (χ1v) is 3.29. The summed E-state index contributed by atoms with van der Waals surface area (Å²) >= 11 is 0. The maximum absolute atomic E-state index is 10.5. The molecule has 0 unspecified atom stereocenters. The number of esters is 1. The van der Waals surface area contributed by atoms with Crippen molar-refractivity contribution in [2.75, 3.05) is 6.61 Å². The monoisotopic (exact) mass is 152 g/mol. The molecule has 2 nitrogen and oxygen atoms in total. The summed E-state index contributed by atoms with van der Waals surface area (Å²) < 4.78 is 4.74. The van der Waals surface area contributed by atoms with E-state index in [2.05, 4.69) is 19.7 Å². The third-order valence-electron chi connectivity index (χ3n) is 1.19. The highest BCUT2D eigenvalue weighted by Gasteiger charge is 2.00. The van der Waals surface area contributed by atoms with Gasteiger partial charge in [0, 0.05) is 12.0 Å². The lowest BCUT2D eigenvalue weighted by molar-refractivity contribution is -0.138. The summed E-state index contributed by atoms with van der Waals surface area (Å²) in [6.07, 6.45) is 4.47. The molecule has 0 aromatic heterocycles. The summed E-state index contributed by atoms with van der Waals surface area (Å²) in [5.41, 5.74) is 0. The molecule has 0 fully saturated rings. The van der Waals surface area contributed by atoms with Crippen molar-refractivity contribution in [2.24, 2.45) is 5.92 Å². The van der Waals surface area contributed by atoms with Crippen LogP contribution in [-0.2, 0) is 9.53 Å². The molecule has 11 heavy (non-hydrogen) atoms. The highest BCUT2D eigenvalue weighted by Crippen LogP contribution is 1.99. The minimum absolute atomic E-state index is 0.0268. The van der Waals surface area contributed by atoms with Gasteiger partial charge in [-0.1, -0.05) is 18.7 Å². The van der Waals surface area contributed by atoms with Crippen LogP contribution in [0, 0.1) is 5.92 Å². The van der Waals surface area contributed by atoms with Gasteiger partial charge < -0.3 is 4.74 Å². The van der Waals surface area contributed by atoms with Crippen LogP contribution in [0.3, 0.4) is 0 Å². The minimum atomic E-state index is -0.418. The Labute approximate surface area is 66.9 Å². The van der Waals surface area contributed by atoms with Crippen molar-refractivity contribution in [2.45, 2.75) is 0 Å². The maximum Gasteiger partial charge on any atom is 0.330 e. The molecule has 0 atom stereocenters. The number of carbonyl (C=O) groups excluding carboxylic acids is 1. The lowest BCUT2D eigenvalue weighted by atomic mass is 10.2. The molecule has 0 bridgehead atoms. The molecule has 0 N–H and O–H groups in total. The summed E-state index contributed by atoms with van der Waals surface area (Å²) in [6.45, 7) is 10.6. The van der Waals surface area contributed by atoms with Crippen molar-refractivity contribution in [1.82, 2.24) is 0 Å². The number of rotatable bonds is 5. The Morgan fingerprint density at radius 2 is 1.91 bits per heavy atom. The molecule has 0 aromatic carbocycles. The van der Waals surface area contributed by atoms with Gasteiger partial charge >= 0.3 is 5.97 Å². The van der Waals surface area contributed by atoms with E-state index >= 15 is 0 Å². The zero-order valence-electron chi connectivity index (χ0n) is 6.45. The molecule has 60 valence electrons. The third-order valence-corrected chi connectivity index (χ3v) is 1.19. The van der Waals surface area contributed by atoms with Gasteiger partial charge in [0.2, 0.25) is 0 Å². The van der Waals surface area contributed by atoms with Gasteiger partial charge in [0.25, 0.3) is 0 Å². The predicted molar refractivity (Wildman–Crippen MR) is 45.0 cm³/mol. The smallest absolute Gasteiger partial charge is 0.330 e. The van der Waals surface area contributed by atoms with E-state index in [1.54, 1.807) is 12.2 Å². The van der Waals surface area contributed by atoms with E-state index in [1.807, 2.05) is 0 Å².